The fraction of sp³-hybridized carbons (Fsp3) is 0.706. The number of carbonyl (C=O) groups excluding carboxylic acids is 2. The minimum absolute atomic E-state index is 0.0269. The largest absolute Gasteiger partial charge is 0.433 e. The second-order valence-corrected chi connectivity index (χ2v) is 16.0. The van der Waals surface area contributed by atoms with Gasteiger partial charge < -0.3 is 0 Å². The number of carbonyl (C=O) groups is 2. The second-order valence-electron chi connectivity index (χ2n) is 16.0. The highest BCUT2D eigenvalue weighted by atomic mass is 19.4. The molecule has 0 amide bonds. The number of fused-ring (bicyclic) bond motifs is 7. The monoisotopic (exact) mass is 581 g/mol. The summed E-state index contributed by atoms with van der Waals surface area (Å²) in [5, 5.41) is 14.2. The number of Topliss-reactive ketones (excluding diaryl/α,β-unsaturated/α-hetero) is 1. The lowest BCUT2D eigenvalue weighted by molar-refractivity contribution is -0.177. The maximum absolute atomic E-state index is 14.6. The van der Waals surface area contributed by atoms with Crippen LogP contribution in [0.2, 0.25) is 0 Å². The molecule has 0 aromatic carbocycles. The first-order valence-electron chi connectivity index (χ1n) is 15.3. The van der Waals surface area contributed by atoms with Crippen LogP contribution < -0.4 is 0 Å². The Bertz CT molecular complexity index is 1490. The van der Waals surface area contributed by atoms with E-state index in [1.807, 2.05) is 19.9 Å². The minimum atomic E-state index is -4.54. The van der Waals surface area contributed by atoms with Crippen LogP contribution in [-0.4, -0.2) is 21.3 Å². The molecule has 0 radical (unpaired) electrons. The van der Waals surface area contributed by atoms with Gasteiger partial charge in [0, 0.05) is 22.9 Å². The lowest BCUT2D eigenvalue weighted by Crippen LogP contribution is -2.66. The molecule has 0 saturated heterocycles. The Morgan fingerprint density at radius 2 is 1.67 bits per heavy atom. The van der Waals surface area contributed by atoms with E-state index in [1.165, 1.54) is 10.9 Å². The average Bonchev–Trinajstić information content (AvgIpc) is 3.39. The molecule has 5 aliphatic rings. The Kier molecular flexibility index (Phi) is 5.93. The van der Waals surface area contributed by atoms with Gasteiger partial charge in [-0.3, -0.25) is 14.3 Å². The van der Waals surface area contributed by atoms with Crippen LogP contribution in [0.25, 0.3) is 0 Å². The van der Waals surface area contributed by atoms with Crippen LogP contribution in [-0.2, 0) is 21.3 Å². The Balaban J connectivity index is 1.55. The summed E-state index contributed by atoms with van der Waals surface area (Å²) in [7, 11) is 0. The van der Waals surface area contributed by atoms with Gasteiger partial charge in [-0.15, -0.1) is 0 Å². The van der Waals surface area contributed by atoms with Crippen LogP contribution in [0.1, 0.15) is 99.1 Å². The lowest BCUT2D eigenvalue weighted by atomic mass is 9.35. The van der Waals surface area contributed by atoms with Crippen molar-refractivity contribution in [1.82, 2.24) is 9.78 Å². The molecule has 42 heavy (non-hydrogen) atoms. The fourth-order valence-electron chi connectivity index (χ4n) is 10.8. The number of halogens is 3. The Morgan fingerprint density at radius 1 is 1.00 bits per heavy atom. The molecule has 3 saturated carbocycles. The van der Waals surface area contributed by atoms with Gasteiger partial charge in [-0.25, -0.2) is 0 Å². The van der Waals surface area contributed by atoms with Gasteiger partial charge in [0.05, 0.1) is 11.1 Å². The first-order valence-corrected chi connectivity index (χ1v) is 15.3. The van der Waals surface area contributed by atoms with E-state index >= 15 is 0 Å². The lowest BCUT2D eigenvalue weighted by Gasteiger charge is -2.69. The van der Waals surface area contributed by atoms with Crippen molar-refractivity contribution in [2.24, 2.45) is 44.8 Å². The first-order chi connectivity index (χ1) is 19.3. The molecular weight excluding hydrogens is 539 g/mol. The van der Waals surface area contributed by atoms with Crippen molar-refractivity contribution < 1.29 is 22.8 Å². The molecule has 0 spiro atoms. The summed E-state index contributed by atoms with van der Waals surface area (Å²) in [6.45, 7) is 14.7. The first kappa shape index (κ1) is 29.4. The van der Waals surface area contributed by atoms with Gasteiger partial charge in [0.15, 0.2) is 11.6 Å². The zero-order chi connectivity index (χ0) is 30.9. The Labute approximate surface area is 246 Å². The molecule has 226 valence electrons. The molecule has 1 aromatic heterocycles. The summed E-state index contributed by atoms with van der Waals surface area (Å²) in [5.74, 6) is -0.988. The fourth-order valence-corrected chi connectivity index (χ4v) is 10.8. The average molecular weight is 582 g/mol. The van der Waals surface area contributed by atoms with E-state index in [9.17, 15) is 28.0 Å². The van der Waals surface area contributed by atoms with E-state index in [2.05, 4.69) is 45.8 Å². The molecule has 5 nitrogen and oxygen atoms in total. The summed E-state index contributed by atoms with van der Waals surface area (Å²) in [6, 6.07) is 3.20. The van der Waals surface area contributed by atoms with E-state index in [0.29, 0.717) is 25.7 Å². The normalized spacial score (nSPS) is 42.3. The van der Waals surface area contributed by atoms with Crippen LogP contribution in [0.3, 0.4) is 0 Å². The van der Waals surface area contributed by atoms with Crippen molar-refractivity contribution in [3.8, 4) is 6.07 Å². The highest BCUT2D eigenvalue weighted by Crippen LogP contribution is 2.74. The number of ketones is 2. The molecule has 5 aliphatic carbocycles. The van der Waals surface area contributed by atoms with E-state index in [4.69, 9.17) is 0 Å². The summed E-state index contributed by atoms with van der Waals surface area (Å²) in [5.41, 5.74) is -2.93. The topological polar surface area (TPSA) is 75.8 Å². The maximum Gasteiger partial charge on any atom is 0.433 e. The predicted octanol–water partition coefficient (Wildman–Crippen LogP) is 7.83. The number of aromatic nitrogens is 2. The van der Waals surface area contributed by atoms with E-state index < -0.39 is 45.0 Å². The van der Waals surface area contributed by atoms with Crippen LogP contribution in [0.15, 0.2) is 35.6 Å². The van der Waals surface area contributed by atoms with Crippen LogP contribution in [0.5, 0.6) is 0 Å². The summed E-state index contributed by atoms with van der Waals surface area (Å²) < 4.78 is 44.1. The third-order valence-electron chi connectivity index (χ3n) is 13.2. The molecule has 1 aromatic rings. The smallest absolute Gasteiger partial charge is 0.295 e. The summed E-state index contributed by atoms with van der Waals surface area (Å²) in [6.07, 6.45) is 4.96. The molecule has 1 heterocycles. The van der Waals surface area contributed by atoms with Gasteiger partial charge in [0.25, 0.3) is 0 Å². The van der Waals surface area contributed by atoms with Crippen molar-refractivity contribution in [2.45, 2.75) is 105 Å². The van der Waals surface area contributed by atoms with Gasteiger partial charge in [0.2, 0.25) is 0 Å². The Hall–Kier alpha value is -2.69. The van der Waals surface area contributed by atoms with E-state index in [1.54, 1.807) is 6.08 Å². The highest BCUT2D eigenvalue weighted by Gasteiger charge is 2.70. The van der Waals surface area contributed by atoms with Crippen molar-refractivity contribution in [1.29, 1.82) is 5.26 Å². The third-order valence-corrected chi connectivity index (χ3v) is 13.2. The van der Waals surface area contributed by atoms with Crippen LogP contribution in [0.4, 0.5) is 13.2 Å². The maximum atomic E-state index is 14.6. The number of hydrogen-bond acceptors (Lipinski definition) is 4. The highest BCUT2D eigenvalue weighted by molar-refractivity contribution is 6.04. The zero-order valence-electron chi connectivity index (χ0n) is 25.8. The second kappa shape index (κ2) is 8.48. The van der Waals surface area contributed by atoms with Gasteiger partial charge in [-0.1, -0.05) is 60.1 Å². The number of nitriles is 1. The number of nitrogens with zero attached hydrogens (tertiary/aromatic N) is 3. The van der Waals surface area contributed by atoms with Gasteiger partial charge >= 0.3 is 6.18 Å². The summed E-state index contributed by atoms with van der Waals surface area (Å²) in [4.78, 5) is 27.9. The quantitative estimate of drug-likeness (QED) is 0.339. The molecule has 0 bridgehead atoms. The van der Waals surface area contributed by atoms with Crippen molar-refractivity contribution >= 4 is 11.6 Å². The molecule has 0 aliphatic heterocycles. The van der Waals surface area contributed by atoms with Crippen LogP contribution in [0, 0.1) is 56.2 Å². The van der Waals surface area contributed by atoms with Gasteiger partial charge in [-0.05, 0) is 85.2 Å². The van der Waals surface area contributed by atoms with E-state index in [-0.39, 0.29) is 34.4 Å². The molecule has 8 heteroatoms. The number of rotatable bonds is 1. The van der Waals surface area contributed by atoms with Gasteiger partial charge in [0.1, 0.15) is 11.8 Å². The van der Waals surface area contributed by atoms with Crippen LogP contribution >= 0.6 is 0 Å². The van der Waals surface area contributed by atoms with Gasteiger partial charge in [-0.2, -0.15) is 23.5 Å². The van der Waals surface area contributed by atoms with Crippen molar-refractivity contribution in [2.75, 3.05) is 0 Å². The number of allylic oxidation sites excluding steroid dienone is 4. The molecule has 0 N–H and O–H groups in total. The predicted molar refractivity (Wildman–Crippen MR) is 152 cm³/mol. The SMILES string of the molecule is CC1(C)CC[C@]2(n3nccc3C(F)(F)F)CC[C@]3(C)[C@H](C(=O)C=C4[C@@]5(C)C=C(C#N)C(=O)C(C)(C)[C@@H]5CC[C@]43C)[C@@H]2C1. The summed E-state index contributed by atoms with van der Waals surface area (Å²) >= 11 is 0. The third kappa shape index (κ3) is 3.51. The number of alkyl halides is 3. The molecule has 6 rings (SSSR count). The Morgan fingerprint density at radius 3 is 2.31 bits per heavy atom. The number of hydrogen-bond donors (Lipinski definition) is 0. The zero-order valence-corrected chi connectivity index (χ0v) is 25.8. The minimum Gasteiger partial charge on any atom is -0.295 e. The van der Waals surface area contributed by atoms with E-state index in [0.717, 1.165) is 30.9 Å². The molecule has 3 fully saturated rings. The molecular formula is C34H42F3N3O2. The van der Waals surface area contributed by atoms with Crippen molar-refractivity contribution in [3.05, 3.63) is 41.3 Å². The molecule has 7 atom stereocenters. The standard InChI is InChI=1S/C34H42F3N3O2/c1-28(2)11-13-33(40-25(9-15-39-40)34(35,36)37)14-12-32(7)26(21(33)18-28)22(41)16-24-30(5)17-20(19-38)27(42)29(3,4)23(30)8-10-31(24,32)6/h9,15-17,21,23,26H,8,10-14,18H2,1-7H3/t21-,23-,26-,30-,31+,32+,33-/m0/s1. The van der Waals surface area contributed by atoms with Crippen molar-refractivity contribution in [3.63, 3.8) is 0 Å². The molecule has 0 unspecified atom stereocenters.